The highest BCUT2D eigenvalue weighted by Gasteiger charge is 2.37. The lowest BCUT2D eigenvalue weighted by Crippen LogP contribution is -2.46. The van der Waals surface area contributed by atoms with Crippen LogP contribution in [0.3, 0.4) is 0 Å². The summed E-state index contributed by atoms with van der Waals surface area (Å²) in [4.78, 5) is 30.6. The van der Waals surface area contributed by atoms with Crippen LogP contribution in [0.25, 0.3) is 0 Å². The predicted octanol–water partition coefficient (Wildman–Crippen LogP) is 5.67. The predicted molar refractivity (Wildman–Crippen MR) is 116 cm³/mol. The molecule has 0 radical (unpaired) electrons. The van der Waals surface area contributed by atoms with Crippen molar-refractivity contribution in [2.24, 2.45) is 0 Å². The quantitative estimate of drug-likeness (QED) is 0.357. The summed E-state index contributed by atoms with van der Waals surface area (Å²) in [5.74, 6) is -1.01. The first-order valence-corrected chi connectivity index (χ1v) is 10.2. The lowest BCUT2D eigenvalue weighted by atomic mass is 10.0. The number of anilines is 3. The fourth-order valence-corrected chi connectivity index (χ4v) is 4.53. The Kier molecular flexibility index (Phi) is 5.36. The van der Waals surface area contributed by atoms with E-state index in [0.29, 0.717) is 22.5 Å². The molecule has 0 unspecified atom stereocenters. The molecule has 0 atom stereocenters. The number of alkyl halides is 3. The lowest BCUT2D eigenvalue weighted by molar-refractivity contribution is -0.137. The van der Waals surface area contributed by atoms with Gasteiger partial charge in [0.2, 0.25) is 5.56 Å². The minimum atomic E-state index is -4.60. The number of nitrogens with one attached hydrogen (secondary N) is 1. The molecule has 5 nitrogen and oxygen atoms in total. The number of hydrogen-bond donors (Lipinski definition) is 1. The van der Waals surface area contributed by atoms with E-state index in [1.807, 2.05) is 0 Å². The molecule has 0 saturated carbocycles. The topological polar surface area (TPSA) is 56.4 Å². The third kappa shape index (κ3) is 3.79. The third-order valence-corrected chi connectivity index (χ3v) is 5.83. The number of halogens is 5. The number of rotatable bonds is 2. The van der Waals surface area contributed by atoms with Crippen LogP contribution in [0.1, 0.15) is 27.0 Å². The van der Waals surface area contributed by atoms with Crippen LogP contribution in [0.2, 0.25) is 0 Å². The third-order valence-electron chi connectivity index (χ3n) is 5.26. The second kappa shape index (κ2) is 7.77. The summed E-state index contributed by atoms with van der Waals surface area (Å²) >= 11 is 3.27. The molecule has 3 aromatic rings. The van der Waals surface area contributed by atoms with Crippen LogP contribution < -0.4 is 15.4 Å². The van der Waals surface area contributed by atoms with E-state index in [9.17, 15) is 27.2 Å². The molecule has 4 rings (SSSR count). The number of aromatic nitrogens is 1. The first kappa shape index (κ1) is 22.1. The van der Waals surface area contributed by atoms with E-state index >= 15 is 0 Å². The van der Waals surface area contributed by atoms with Gasteiger partial charge in [-0.05, 0) is 77.3 Å². The molecule has 32 heavy (non-hydrogen) atoms. The van der Waals surface area contributed by atoms with E-state index in [0.717, 1.165) is 18.2 Å². The number of aryl methyl sites for hydroxylation is 2. The van der Waals surface area contributed by atoms with E-state index in [1.54, 1.807) is 13.8 Å². The van der Waals surface area contributed by atoms with Gasteiger partial charge in [0.25, 0.3) is 5.91 Å². The Morgan fingerprint density at radius 2 is 1.66 bits per heavy atom. The number of benzene rings is 2. The Hall–Kier alpha value is -3.14. The molecular weight excluding hydrogens is 494 g/mol. The smallest absolute Gasteiger partial charge is 0.322 e. The molecule has 2 aromatic carbocycles. The highest BCUT2D eigenvalue weighted by atomic mass is 79.9. The zero-order chi connectivity index (χ0) is 23.4. The molecule has 166 valence electrons. The van der Waals surface area contributed by atoms with Crippen molar-refractivity contribution in [3.63, 3.8) is 0 Å². The van der Waals surface area contributed by atoms with Crippen LogP contribution >= 0.6 is 15.9 Å². The van der Waals surface area contributed by atoms with Gasteiger partial charge < -0.3 is 9.88 Å². The first-order chi connectivity index (χ1) is 15.0. The van der Waals surface area contributed by atoms with Gasteiger partial charge in [0.15, 0.2) is 0 Å². The number of H-pyrrole nitrogens is 1. The Labute approximate surface area is 188 Å². The van der Waals surface area contributed by atoms with Crippen molar-refractivity contribution in [1.29, 1.82) is 0 Å². The van der Waals surface area contributed by atoms with Gasteiger partial charge in [-0.3, -0.25) is 14.5 Å². The number of fused-ring (bicyclic) bond motifs is 1. The molecule has 1 aromatic heterocycles. The number of aromatic amines is 1. The summed E-state index contributed by atoms with van der Waals surface area (Å²) in [5.41, 5.74) is 0.653. The Morgan fingerprint density at radius 1 is 0.938 bits per heavy atom. The zero-order valence-electron chi connectivity index (χ0n) is 16.8. The van der Waals surface area contributed by atoms with Gasteiger partial charge in [0, 0.05) is 11.8 Å². The zero-order valence-corrected chi connectivity index (χ0v) is 18.4. The van der Waals surface area contributed by atoms with Crippen LogP contribution in [0.15, 0.2) is 51.9 Å². The van der Waals surface area contributed by atoms with Crippen molar-refractivity contribution < 1.29 is 22.4 Å². The molecule has 10 heteroatoms. The summed E-state index contributed by atoms with van der Waals surface area (Å²) in [5, 5.41) is 0. The highest BCUT2D eigenvalue weighted by molar-refractivity contribution is 9.10. The van der Waals surface area contributed by atoms with E-state index in [-0.39, 0.29) is 28.1 Å². The minimum Gasteiger partial charge on any atom is -0.322 e. The summed E-state index contributed by atoms with van der Waals surface area (Å²) in [6.07, 6.45) is -4.60. The average Bonchev–Trinajstić information content (AvgIpc) is 2.68. The molecule has 0 fully saturated rings. The molecule has 2 heterocycles. The van der Waals surface area contributed by atoms with Gasteiger partial charge in [0.05, 0.1) is 22.5 Å². The first-order valence-electron chi connectivity index (χ1n) is 9.43. The normalized spacial score (nSPS) is 14.0. The molecule has 0 spiro atoms. The maximum atomic E-state index is 13.7. The van der Waals surface area contributed by atoms with E-state index < -0.39 is 23.5 Å². The summed E-state index contributed by atoms with van der Waals surface area (Å²) < 4.78 is 54.2. The van der Waals surface area contributed by atoms with Gasteiger partial charge in [0.1, 0.15) is 17.1 Å². The van der Waals surface area contributed by atoms with Crippen LogP contribution in [-0.4, -0.2) is 17.6 Å². The molecule has 1 aliphatic rings. The van der Waals surface area contributed by atoms with Crippen LogP contribution in [0.5, 0.6) is 0 Å². The van der Waals surface area contributed by atoms with E-state index in [2.05, 4.69) is 20.9 Å². The maximum absolute atomic E-state index is 13.7. The molecule has 1 amide bonds. The molecule has 0 saturated heterocycles. The number of hydrogen-bond acceptors (Lipinski definition) is 3. The number of carbonyl (C=O) groups is 1. The van der Waals surface area contributed by atoms with Crippen molar-refractivity contribution in [2.45, 2.75) is 20.0 Å². The maximum Gasteiger partial charge on any atom is 0.416 e. The van der Waals surface area contributed by atoms with Gasteiger partial charge in [-0.25, -0.2) is 4.39 Å². The fourth-order valence-electron chi connectivity index (χ4n) is 3.81. The number of pyridine rings is 1. The van der Waals surface area contributed by atoms with Crippen molar-refractivity contribution >= 4 is 38.9 Å². The summed E-state index contributed by atoms with van der Waals surface area (Å²) in [6.45, 7) is 3.14. The van der Waals surface area contributed by atoms with Crippen molar-refractivity contribution in [3.8, 4) is 0 Å². The standard InChI is InChI=1S/C22H16BrF4N3O2/c1-11-7-14(24)4-6-16(11)29-10-30(19-12(2)8-18(31)28-20(19)23)21(32)15-5-3-13(9-17(15)29)22(25,26)27/h3-9H,10H2,1-2H3,(H,28,31). The van der Waals surface area contributed by atoms with Crippen LogP contribution in [-0.2, 0) is 6.18 Å². The number of carbonyl (C=O) groups excluding carboxylic acids is 1. The molecule has 0 bridgehead atoms. The Morgan fingerprint density at radius 3 is 2.28 bits per heavy atom. The van der Waals surface area contributed by atoms with E-state index in [1.165, 1.54) is 34.1 Å². The SMILES string of the molecule is Cc1cc(F)ccc1N1CN(c2c(C)cc(=O)[nH]c2Br)C(=O)c2ccc(C(F)(F)F)cc21. The van der Waals surface area contributed by atoms with Gasteiger partial charge in [-0.15, -0.1) is 0 Å². The molecule has 1 N–H and O–H groups in total. The summed E-state index contributed by atoms with van der Waals surface area (Å²) in [7, 11) is 0. The molecule has 1 aliphatic heterocycles. The van der Waals surface area contributed by atoms with E-state index in [4.69, 9.17) is 0 Å². The Bertz CT molecular complexity index is 1280. The monoisotopic (exact) mass is 509 g/mol. The lowest BCUT2D eigenvalue weighted by Gasteiger charge is -2.39. The van der Waals surface area contributed by atoms with Crippen molar-refractivity contribution in [3.05, 3.63) is 85.5 Å². The second-order valence-corrected chi connectivity index (χ2v) is 8.24. The minimum absolute atomic E-state index is 0.0467. The van der Waals surface area contributed by atoms with Gasteiger partial charge >= 0.3 is 6.18 Å². The van der Waals surface area contributed by atoms with Crippen LogP contribution in [0, 0.1) is 19.7 Å². The van der Waals surface area contributed by atoms with Crippen molar-refractivity contribution in [1.82, 2.24) is 4.98 Å². The fraction of sp³-hybridized carbons (Fsp3) is 0.182. The van der Waals surface area contributed by atoms with Gasteiger partial charge in [-0.2, -0.15) is 13.2 Å². The van der Waals surface area contributed by atoms with Gasteiger partial charge in [-0.1, -0.05) is 0 Å². The molecular formula is C22H16BrF4N3O2. The van der Waals surface area contributed by atoms with Crippen molar-refractivity contribution in [2.75, 3.05) is 16.5 Å². The van der Waals surface area contributed by atoms with Crippen LogP contribution in [0.4, 0.5) is 34.6 Å². The summed E-state index contributed by atoms with van der Waals surface area (Å²) in [6, 6.07) is 8.16. The molecule has 0 aliphatic carbocycles. The number of amides is 1. The highest BCUT2D eigenvalue weighted by Crippen LogP contribution is 2.42. The average molecular weight is 510 g/mol. The Balaban J connectivity index is 1.95. The largest absolute Gasteiger partial charge is 0.416 e. The number of nitrogens with zero attached hydrogens (tertiary/aromatic N) is 2. The second-order valence-electron chi connectivity index (χ2n) is 7.44.